The van der Waals surface area contributed by atoms with Crippen LogP contribution in [0.4, 0.5) is 5.69 Å². The van der Waals surface area contributed by atoms with E-state index in [2.05, 4.69) is 35.1 Å². The molecular formula is C22H27BrN2O4S. The van der Waals surface area contributed by atoms with Crippen molar-refractivity contribution in [3.05, 3.63) is 52.5 Å². The van der Waals surface area contributed by atoms with Crippen molar-refractivity contribution in [2.75, 3.05) is 25.0 Å². The molecule has 3 rings (SSSR count). The smallest absolute Gasteiger partial charge is 0.262 e. The summed E-state index contributed by atoms with van der Waals surface area (Å²) in [6, 6.07) is 12.0. The number of carbonyl (C=O) groups is 1. The topological polar surface area (TPSA) is 75.7 Å². The SMILES string of the molecule is CC(C)c1cc(Br)ccc1OCC(=O)Nc1ccc(S(=O)(=O)N2CCCCC2)cc1. The second-order valence-electron chi connectivity index (χ2n) is 7.66. The van der Waals surface area contributed by atoms with Gasteiger partial charge in [0, 0.05) is 23.2 Å². The zero-order valence-electron chi connectivity index (χ0n) is 17.2. The largest absolute Gasteiger partial charge is 0.483 e. The Morgan fingerprint density at radius 3 is 2.40 bits per heavy atom. The van der Waals surface area contributed by atoms with E-state index in [0.29, 0.717) is 24.5 Å². The highest BCUT2D eigenvalue weighted by atomic mass is 79.9. The van der Waals surface area contributed by atoms with Gasteiger partial charge in [0.15, 0.2) is 6.61 Å². The molecule has 2 aromatic rings. The number of benzene rings is 2. The highest BCUT2D eigenvalue weighted by molar-refractivity contribution is 9.10. The quantitative estimate of drug-likeness (QED) is 0.601. The summed E-state index contributed by atoms with van der Waals surface area (Å²) in [5.41, 5.74) is 1.55. The van der Waals surface area contributed by atoms with Crippen molar-refractivity contribution in [1.29, 1.82) is 0 Å². The van der Waals surface area contributed by atoms with Gasteiger partial charge < -0.3 is 10.1 Å². The molecule has 0 aliphatic carbocycles. The lowest BCUT2D eigenvalue weighted by atomic mass is 10.0. The molecule has 1 aliphatic heterocycles. The Labute approximate surface area is 186 Å². The third kappa shape index (κ3) is 5.62. The highest BCUT2D eigenvalue weighted by Gasteiger charge is 2.25. The zero-order valence-corrected chi connectivity index (χ0v) is 19.6. The van der Waals surface area contributed by atoms with Gasteiger partial charge in [-0.1, -0.05) is 36.2 Å². The van der Waals surface area contributed by atoms with Crippen molar-refractivity contribution in [1.82, 2.24) is 4.31 Å². The van der Waals surface area contributed by atoms with Crippen LogP contribution in [0, 0.1) is 0 Å². The number of rotatable bonds is 7. The van der Waals surface area contributed by atoms with Crippen LogP contribution in [-0.4, -0.2) is 38.3 Å². The number of nitrogens with one attached hydrogen (secondary N) is 1. The first kappa shape index (κ1) is 22.8. The predicted octanol–water partition coefficient (Wildman–Crippen LogP) is 4.76. The van der Waals surface area contributed by atoms with E-state index < -0.39 is 10.0 Å². The van der Waals surface area contributed by atoms with E-state index >= 15 is 0 Å². The van der Waals surface area contributed by atoms with Gasteiger partial charge in [0.25, 0.3) is 5.91 Å². The molecule has 0 radical (unpaired) electrons. The first-order chi connectivity index (χ1) is 14.3. The van der Waals surface area contributed by atoms with Gasteiger partial charge in [0.2, 0.25) is 10.0 Å². The Morgan fingerprint density at radius 2 is 1.77 bits per heavy atom. The summed E-state index contributed by atoms with van der Waals surface area (Å²) in [4.78, 5) is 12.5. The van der Waals surface area contributed by atoms with Crippen molar-refractivity contribution in [2.24, 2.45) is 0 Å². The summed E-state index contributed by atoms with van der Waals surface area (Å²) in [5, 5.41) is 2.75. The van der Waals surface area contributed by atoms with Crippen LogP contribution in [-0.2, 0) is 14.8 Å². The Hall–Kier alpha value is -1.90. The number of carbonyl (C=O) groups excluding carboxylic acids is 1. The van der Waals surface area contributed by atoms with E-state index in [-0.39, 0.29) is 23.3 Å². The first-order valence-corrected chi connectivity index (χ1v) is 12.3. The minimum Gasteiger partial charge on any atom is -0.483 e. The van der Waals surface area contributed by atoms with E-state index in [1.165, 1.54) is 16.4 Å². The highest BCUT2D eigenvalue weighted by Crippen LogP contribution is 2.29. The fraction of sp³-hybridized carbons (Fsp3) is 0.409. The maximum atomic E-state index is 12.7. The van der Waals surface area contributed by atoms with Gasteiger partial charge in [0.05, 0.1) is 4.90 Å². The van der Waals surface area contributed by atoms with Crippen molar-refractivity contribution in [3.8, 4) is 5.75 Å². The average molecular weight is 495 g/mol. The van der Waals surface area contributed by atoms with E-state index in [0.717, 1.165) is 29.3 Å². The van der Waals surface area contributed by atoms with Crippen LogP contribution >= 0.6 is 15.9 Å². The number of anilines is 1. The lowest BCUT2D eigenvalue weighted by Gasteiger charge is -2.25. The van der Waals surface area contributed by atoms with Gasteiger partial charge in [0.1, 0.15) is 5.75 Å². The minimum absolute atomic E-state index is 0.130. The number of ether oxygens (including phenoxy) is 1. The number of sulfonamides is 1. The van der Waals surface area contributed by atoms with Crippen LogP contribution in [0.2, 0.25) is 0 Å². The summed E-state index contributed by atoms with van der Waals surface area (Å²) in [5.74, 6) is 0.626. The molecule has 0 atom stereocenters. The number of amides is 1. The number of piperidine rings is 1. The normalized spacial score (nSPS) is 15.2. The van der Waals surface area contributed by atoms with E-state index in [1.807, 2.05) is 18.2 Å². The summed E-state index contributed by atoms with van der Waals surface area (Å²) >= 11 is 3.45. The average Bonchev–Trinajstić information content (AvgIpc) is 2.73. The second kappa shape index (κ2) is 9.94. The van der Waals surface area contributed by atoms with Crippen LogP contribution in [0.15, 0.2) is 51.8 Å². The predicted molar refractivity (Wildman–Crippen MR) is 121 cm³/mol. The molecule has 1 heterocycles. The van der Waals surface area contributed by atoms with Gasteiger partial charge in [-0.25, -0.2) is 8.42 Å². The molecule has 1 aliphatic rings. The van der Waals surface area contributed by atoms with Crippen LogP contribution in [0.1, 0.15) is 44.6 Å². The fourth-order valence-corrected chi connectivity index (χ4v) is 5.30. The Balaban J connectivity index is 1.60. The molecule has 2 aromatic carbocycles. The summed E-state index contributed by atoms with van der Waals surface area (Å²) in [7, 11) is -3.48. The van der Waals surface area contributed by atoms with E-state index in [9.17, 15) is 13.2 Å². The second-order valence-corrected chi connectivity index (χ2v) is 10.5. The summed E-state index contributed by atoms with van der Waals surface area (Å²) in [6.07, 6.45) is 2.85. The molecule has 0 bridgehead atoms. The summed E-state index contributed by atoms with van der Waals surface area (Å²) < 4.78 is 33.6. The van der Waals surface area contributed by atoms with Crippen LogP contribution in [0.5, 0.6) is 5.75 Å². The molecule has 0 saturated carbocycles. The number of halogens is 1. The molecule has 0 spiro atoms. The Kier molecular flexibility index (Phi) is 7.55. The van der Waals surface area contributed by atoms with Crippen molar-refractivity contribution < 1.29 is 17.9 Å². The number of nitrogens with zero attached hydrogens (tertiary/aromatic N) is 1. The first-order valence-electron chi connectivity index (χ1n) is 10.1. The molecule has 30 heavy (non-hydrogen) atoms. The monoisotopic (exact) mass is 494 g/mol. The molecule has 1 amide bonds. The molecule has 8 heteroatoms. The third-order valence-electron chi connectivity index (χ3n) is 5.04. The molecule has 1 saturated heterocycles. The zero-order chi connectivity index (χ0) is 21.7. The summed E-state index contributed by atoms with van der Waals surface area (Å²) in [6.45, 7) is 5.12. The van der Waals surface area contributed by atoms with Crippen molar-refractivity contribution in [3.63, 3.8) is 0 Å². The van der Waals surface area contributed by atoms with Gasteiger partial charge in [-0.3, -0.25) is 4.79 Å². The molecule has 1 fully saturated rings. The van der Waals surface area contributed by atoms with Crippen LogP contribution < -0.4 is 10.1 Å². The lowest BCUT2D eigenvalue weighted by molar-refractivity contribution is -0.118. The third-order valence-corrected chi connectivity index (χ3v) is 7.45. The molecule has 0 aromatic heterocycles. The van der Waals surface area contributed by atoms with Crippen LogP contribution in [0.25, 0.3) is 0 Å². The van der Waals surface area contributed by atoms with Gasteiger partial charge in [-0.05, 0) is 66.8 Å². The van der Waals surface area contributed by atoms with Crippen molar-refractivity contribution in [2.45, 2.75) is 43.9 Å². The van der Waals surface area contributed by atoms with Gasteiger partial charge >= 0.3 is 0 Å². The maximum Gasteiger partial charge on any atom is 0.262 e. The number of hydrogen-bond donors (Lipinski definition) is 1. The molecule has 6 nitrogen and oxygen atoms in total. The minimum atomic E-state index is -3.48. The van der Waals surface area contributed by atoms with Gasteiger partial charge in [-0.15, -0.1) is 0 Å². The molecule has 162 valence electrons. The van der Waals surface area contributed by atoms with Crippen molar-refractivity contribution >= 4 is 37.5 Å². The Morgan fingerprint density at radius 1 is 1.10 bits per heavy atom. The molecule has 1 N–H and O–H groups in total. The lowest BCUT2D eigenvalue weighted by Crippen LogP contribution is -2.35. The maximum absolute atomic E-state index is 12.7. The van der Waals surface area contributed by atoms with Gasteiger partial charge in [-0.2, -0.15) is 4.31 Å². The van der Waals surface area contributed by atoms with E-state index in [1.54, 1.807) is 12.1 Å². The van der Waals surface area contributed by atoms with Crippen LogP contribution in [0.3, 0.4) is 0 Å². The van der Waals surface area contributed by atoms with E-state index in [4.69, 9.17) is 4.74 Å². The fourth-order valence-electron chi connectivity index (χ4n) is 3.41. The number of hydrogen-bond acceptors (Lipinski definition) is 4. The Bertz CT molecular complexity index is 985. The molecule has 0 unspecified atom stereocenters. The standard InChI is InChI=1S/C22H27BrN2O4S/c1-16(2)20-14-17(23)6-11-21(20)29-15-22(26)24-18-7-9-19(10-8-18)30(27,28)25-12-4-3-5-13-25/h6-11,14,16H,3-5,12-13,15H2,1-2H3,(H,24,26). The molecular weight excluding hydrogens is 468 g/mol.